The molecule has 1 unspecified atom stereocenters. The normalized spacial score (nSPS) is 23.3. The van der Waals surface area contributed by atoms with Crippen LogP contribution < -0.4 is 15.3 Å². The lowest BCUT2D eigenvalue weighted by Crippen LogP contribution is -2.44. The Labute approximate surface area is 223 Å². The first-order valence-corrected chi connectivity index (χ1v) is 13.5. The molecule has 0 radical (unpaired) electrons. The number of nitrogen functional groups attached to an aromatic ring is 1. The van der Waals surface area contributed by atoms with Crippen molar-refractivity contribution in [1.82, 2.24) is 24.6 Å². The van der Waals surface area contributed by atoms with Gasteiger partial charge in [0.05, 0.1) is 12.4 Å². The van der Waals surface area contributed by atoms with Gasteiger partial charge in [-0.3, -0.25) is 13.9 Å². The third-order valence-corrected chi connectivity index (χ3v) is 7.38. The highest BCUT2D eigenvalue weighted by molar-refractivity contribution is 7.52. The Balaban J connectivity index is 1.57. The Morgan fingerprint density at radius 3 is 2.77 bits per heavy atom. The minimum absolute atomic E-state index is 0.0307. The number of nitrogens with one attached hydrogen (secondary N) is 1. The standard InChI is InChI=1S/C24H28FN6O7P/c1-5-24(17(32)11-18(37-24)31-13-27-19-20(26)28-23(25)29-21(19)31)12-35-39(34,38-16-9-7-6-8-10-16)30-15(4)22(33)36-14(2)3/h1,6-10,13-15,17-18,32H,11-12H2,2-4H3,(H,30,34)(H2,26,28,29)/t15-,17-,18+,24+,39?/m0/s1. The summed E-state index contributed by atoms with van der Waals surface area (Å²) >= 11 is 0. The van der Waals surface area contributed by atoms with Gasteiger partial charge in [0.25, 0.3) is 0 Å². The highest BCUT2D eigenvalue weighted by Crippen LogP contribution is 2.48. The molecule has 4 rings (SSSR count). The molecule has 0 amide bonds. The number of rotatable bonds is 10. The van der Waals surface area contributed by atoms with Crippen LogP contribution in [0.5, 0.6) is 5.75 Å². The summed E-state index contributed by atoms with van der Waals surface area (Å²) in [6, 6.07) is 7.03. The minimum atomic E-state index is -4.30. The van der Waals surface area contributed by atoms with E-state index in [2.05, 4.69) is 26.0 Å². The van der Waals surface area contributed by atoms with Crippen molar-refractivity contribution in [1.29, 1.82) is 0 Å². The third-order valence-electron chi connectivity index (χ3n) is 5.76. The Hall–Kier alpha value is -3.60. The van der Waals surface area contributed by atoms with Gasteiger partial charge in [0.15, 0.2) is 22.6 Å². The van der Waals surface area contributed by atoms with E-state index in [1.165, 1.54) is 17.8 Å². The van der Waals surface area contributed by atoms with Gasteiger partial charge in [0.1, 0.15) is 30.7 Å². The van der Waals surface area contributed by atoms with Crippen LogP contribution in [0.25, 0.3) is 11.2 Å². The van der Waals surface area contributed by atoms with Crippen LogP contribution in [0.4, 0.5) is 10.2 Å². The van der Waals surface area contributed by atoms with Crippen LogP contribution in [0.3, 0.4) is 0 Å². The van der Waals surface area contributed by atoms with E-state index < -0.39 is 56.5 Å². The van der Waals surface area contributed by atoms with E-state index >= 15 is 0 Å². The topological polar surface area (TPSA) is 173 Å². The summed E-state index contributed by atoms with van der Waals surface area (Å²) in [6.07, 6.45) is 3.23. The van der Waals surface area contributed by atoms with Crippen LogP contribution >= 0.6 is 7.75 Å². The number of imidazole rings is 1. The molecule has 15 heteroatoms. The van der Waals surface area contributed by atoms with Crippen LogP contribution in [-0.2, 0) is 23.4 Å². The van der Waals surface area contributed by atoms with Gasteiger partial charge in [-0.25, -0.2) is 9.55 Å². The second-order valence-electron chi connectivity index (χ2n) is 9.07. The maximum absolute atomic E-state index is 13.8. The predicted molar refractivity (Wildman–Crippen MR) is 136 cm³/mol. The second-order valence-corrected chi connectivity index (χ2v) is 10.8. The molecule has 0 spiro atoms. The molecular formula is C24H28FN6O7P. The summed E-state index contributed by atoms with van der Waals surface area (Å²) in [5, 5.41) is 13.5. The van der Waals surface area contributed by atoms with E-state index in [9.17, 15) is 18.9 Å². The number of aliphatic hydroxyl groups excluding tert-OH is 1. The molecule has 1 saturated heterocycles. The van der Waals surface area contributed by atoms with E-state index in [0.717, 1.165) is 0 Å². The summed E-state index contributed by atoms with van der Waals surface area (Å²) < 4.78 is 51.4. The second kappa shape index (κ2) is 11.3. The number of halogens is 1. The number of aliphatic hydroxyl groups is 1. The smallest absolute Gasteiger partial charge is 0.459 e. The van der Waals surface area contributed by atoms with Crippen molar-refractivity contribution >= 4 is 30.7 Å². The van der Waals surface area contributed by atoms with Gasteiger partial charge in [-0.2, -0.15) is 19.4 Å². The maximum atomic E-state index is 13.8. The number of fused-ring (bicyclic) bond motifs is 1. The fourth-order valence-corrected chi connectivity index (χ4v) is 5.38. The van der Waals surface area contributed by atoms with Gasteiger partial charge in [-0.05, 0) is 32.9 Å². The molecule has 3 aromatic rings. The molecule has 1 aliphatic heterocycles. The van der Waals surface area contributed by atoms with Crippen molar-refractivity contribution in [3.63, 3.8) is 0 Å². The van der Waals surface area contributed by atoms with Gasteiger partial charge in [-0.1, -0.05) is 24.1 Å². The first kappa shape index (κ1) is 28.4. The Bertz CT molecular complexity index is 1430. The zero-order chi connectivity index (χ0) is 28.4. The van der Waals surface area contributed by atoms with E-state index in [-0.39, 0.29) is 29.2 Å². The number of carbonyl (C=O) groups excluding carboxylic acids is 1. The average molecular weight is 562 g/mol. The van der Waals surface area contributed by atoms with E-state index in [4.69, 9.17) is 30.7 Å². The summed E-state index contributed by atoms with van der Waals surface area (Å²) in [5.74, 6) is 1.70. The fourth-order valence-electron chi connectivity index (χ4n) is 3.86. The summed E-state index contributed by atoms with van der Waals surface area (Å²) in [5.41, 5.74) is 4.09. The van der Waals surface area contributed by atoms with Gasteiger partial charge in [0.2, 0.25) is 0 Å². The average Bonchev–Trinajstić information content (AvgIpc) is 3.44. The van der Waals surface area contributed by atoms with E-state index in [1.807, 2.05) is 0 Å². The van der Waals surface area contributed by atoms with Gasteiger partial charge in [-0.15, -0.1) is 6.42 Å². The molecular weight excluding hydrogens is 534 g/mol. The number of hydrogen-bond acceptors (Lipinski definition) is 11. The number of carbonyl (C=O) groups is 1. The van der Waals surface area contributed by atoms with Crippen molar-refractivity contribution in [3.05, 3.63) is 42.7 Å². The molecule has 1 aliphatic rings. The lowest BCUT2D eigenvalue weighted by atomic mass is 9.99. The number of aromatic nitrogens is 4. The van der Waals surface area contributed by atoms with Crippen LogP contribution in [0.15, 0.2) is 36.7 Å². The molecule has 3 heterocycles. The Kier molecular flexibility index (Phi) is 8.20. The van der Waals surface area contributed by atoms with Crippen LogP contribution in [0.1, 0.15) is 33.4 Å². The molecule has 4 N–H and O–H groups in total. The lowest BCUT2D eigenvalue weighted by Gasteiger charge is -2.29. The quantitative estimate of drug-likeness (QED) is 0.143. The fraction of sp³-hybridized carbons (Fsp3) is 0.417. The van der Waals surface area contributed by atoms with Crippen LogP contribution in [-0.4, -0.2) is 61.1 Å². The van der Waals surface area contributed by atoms with Crippen LogP contribution in [0.2, 0.25) is 0 Å². The van der Waals surface area contributed by atoms with Gasteiger partial charge >= 0.3 is 19.8 Å². The van der Waals surface area contributed by atoms with Crippen molar-refractivity contribution in [3.8, 4) is 18.1 Å². The summed E-state index contributed by atoms with van der Waals surface area (Å²) in [7, 11) is -4.30. The zero-order valence-corrected chi connectivity index (χ0v) is 22.2. The first-order chi connectivity index (χ1) is 18.4. The predicted octanol–water partition coefficient (Wildman–Crippen LogP) is 2.33. The van der Waals surface area contributed by atoms with Crippen LogP contribution in [0, 0.1) is 18.4 Å². The molecule has 13 nitrogen and oxygen atoms in total. The van der Waals surface area contributed by atoms with E-state index in [0.29, 0.717) is 0 Å². The SMILES string of the molecule is C#C[C@]1(COP(=O)(N[C@@H](C)C(=O)OC(C)C)Oc2ccccc2)O[C@@H](n2cnc3c(N)nc(F)nc32)C[C@@H]1O. The molecule has 1 fully saturated rings. The number of hydrogen-bond donors (Lipinski definition) is 3. The van der Waals surface area contributed by atoms with Gasteiger partial charge < -0.3 is 24.8 Å². The third kappa shape index (κ3) is 6.19. The van der Waals surface area contributed by atoms with Crippen molar-refractivity contribution in [2.75, 3.05) is 12.3 Å². The molecule has 0 aliphatic carbocycles. The monoisotopic (exact) mass is 562 g/mol. The molecule has 39 heavy (non-hydrogen) atoms. The Morgan fingerprint density at radius 1 is 1.38 bits per heavy atom. The van der Waals surface area contributed by atoms with Crippen molar-refractivity contribution < 1.29 is 37.4 Å². The summed E-state index contributed by atoms with van der Waals surface area (Å²) in [4.78, 5) is 23.6. The first-order valence-electron chi connectivity index (χ1n) is 11.9. The van der Waals surface area contributed by atoms with Gasteiger partial charge in [0, 0.05) is 6.42 Å². The molecule has 5 atom stereocenters. The lowest BCUT2D eigenvalue weighted by molar-refractivity contribution is -0.149. The highest BCUT2D eigenvalue weighted by atomic mass is 31.2. The maximum Gasteiger partial charge on any atom is 0.459 e. The molecule has 208 valence electrons. The number of terminal acetylenes is 1. The number of nitrogens with zero attached hydrogens (tertiary/aromatic N) is 4. The number of nitrogens with two attached hydrogens (primary N) is 1. The Morgan fingerprint density at radius 2 is 2.10 bits per heavy atom. The highest BCUT2D eigenvalue weighted by Gasteiger charge is 2.50. The molecule has 2 aromatic heterocycles. The molecule has 0 bridgehead atoms. The largest absolute Gasteiger partial charge is 0.462 e. The zero-order valence-electron chi connectivity index (χ0n) is 21.4. The summed E-state index contributed by atoms with van der Waals surface area (Å²) in [6.45, 7) is 4.17. The number of anilines is 1. The minimum Gasteiger partial charge on any atom is -0.462 e. The number of esters is 1. The molecule has 1 aromatic carbocycles. The van der Waals surface area contributed by atoms with Crippen molar-refractivity contribution in [2.45, 2.75) is 57.3 Å². The van der Waals surface area contributed by atoms with E-state index in [1.54, 1.807) is 44.2 Å². The number of ether oxygens (including phenoxy) is 2. The number of para-hydroxylation sites is 1. The van der Waals surface area contributed by atoms with Crippen molar-refractivity contribution in [2.24, 2.45) is 0 Å². The number of benzene rings is 1. The molecule has 0 saturated carbocycles.